The van der Waals surface area contributed by atoms with Gasteiger partial charge in [0.1, 0.15) is 12.7 Å². The van der Waals surface area contributed by atoms with Crippen LogP contribution < -0.4 is 0 Å². The van der Waals surface area contributed by atoms with Crippen molar-refractivity contribution >= 4 is 25.7 Å². The molecule has 0 amide bonds. The van der Waals surface area contributed by atoms with Crippen LogP contribution in [-0.2, 0) is 42.2 Å². The van der Waals surface area contributed by atoms with Gasteiger partial charge in [-0.3, -0.25) is 23.4 Å². The summed E-state index contributed by atoms with van der Waals surface area (Å²) >= 11 is 0. The molecular weight excluding hydrogens is 856 g/mol. The number of phosphoric acid groups is 1. The van der Waals surface area contributed by atoms with Crippen molar-refractivity contribution in [1.82, 2.24) is 0 Å². The average Bonchev–Trinajstić information content (AvgIpc) is 3.30. The summed E-state index contributed by atoms with van der Waals surface area (Å²) in [5.41, 5.74) is 0. The number of phosphoric ester groups is 1. The number of ether oxygens (including phenoxy) is 3. The minimum Gasteiger partial charge on any atom is -0.462 e. The van der Waals surface area contributed by atoms with E-state index >= 15 is 0 Å². The molecular formula is C54H103O11P. The number of aliphatic hydroxyl groups is 1. The maximum Gasteiger partial charge on any atom is 0.472 e. The Hall–Kier alpha value is -1.78. The van der Waals surface area contributed by atoms with Crippen molar-refractivity contribution in [3.05, 3.63) is 12.2 Å². The molecule has 0 spiro atoms. The van der Waals surface area contributed by atoms with E-state index in [1.165, 1.54) is 141 Å². The molecule has 66 heavy (non-hydrogen) atoms. The zero-order valence-corrected chi connectivity index (χ0v) is 43.8. The van der Waals surface area contributed by atoms with Crippen molar-refractivity contribution < 1.29 is 52.2 Å². The van der Waals surface area contributed by atoms with E-state index in [0.717, 1.165) is 77.0 Å². The van der Waals surface area contributed by atoms with Crippen LogP contribution in [0.25, 0.3) is 0 Å². The van der Waals surface area contributed by atoms with Crippen LogP contribution >= 0.6 is 7.82 Å². The number of esters is 3. The van der Waals surface area contributed by atoms with E-state index in [9.17, 15) is 28.9 Å². The number of carbonyl (C=O) groups is 3. The van der Waals surface area contributed by atoms with Crippen molar-refractivity contribution in [2.24, 2.45) is 0 Å². The number of allylic oxidation sites excluding steroid dienone is 2. The van der Waals surface area contributed by atoms with Crippen molar-refractivity contribution in [1.29, 1.82) is 0 Å². The Labute approximate surface area is 405 Å². The van der Waals surface area contributed by atoms with E-state index in [2.05, 4.69) is 32.9 Å². The molecule has 0 saturated carbocycles. The largest absolute Gasteiger partial charge is 0.472 e. The number of unbranched alkanes of at least 4 members (excludes halogenated alkanes) is 33. The van der Waals surface area contributed by atoms with Gasteiger partial charge in [0.15, 0.2) is 6.10 Å². The fourth-order valence-corrected chi connectivity index (χ4v) is 8.72. The van der Waals surface area contributed by atoms with Gasteiger partial charge in [0.05, 0.1) is 19.8 Å². The third-order valence-electron chi connectivity index (χ3n) is 12.2. The van der Waals surface area contributed by atoms with Crippen LogP contribution in [0.1, 0.15) is 278 Å². The Kier molecular flexibility index (Phi) is 48.3. The molecule has 2 N–H and O–H groups in total. The minimum absolute atomic E-state index is 0.164. The highest BCUT2D eigenvalue weighted by atomic mass is 31.2. The second kappa shape index (κ2) is 49.6. The summed E-state index contributed by atoms with van der Waals surface area (Å²) in [6, 6.07) is 0. The zero-order chi connectivity index (χ0) is 48.4. The standard InChI is InChI=1S/C54H103O11P/c1-4-7-10-13-16-19-21-23-25-27-29-32-34-37-40-43-52(56)61-47-51(65-54(58)45-42-39-36-33-30-28-26-24-22-20-17-14-11-8-5-2)49-63-66(59,60)62-48-50(46-55)64-53(57)44-41-38-35-31-18-15-12-9-6-3/h24,26,50-51,55H,4-23,25,27-49H2,1-3H3,(H,59,60)/b26-24-. The second-order valence-corrected chi connectivity index (χ2v) is 20.2. The monoisotopic (exact) mass is 959 g/mol. The number of aliphatic hydroxyl groups excluding tert-OH is 1. The van der Waals surface area contributed by atoms with Gasteiger partial charge in [-0.2, -0.15) is 0 Å². The minimum atomic E-state index is -4.73. The third kappa shape index (κ3) is 47.3. The van der Waals surface area contributed by atoms with E-state index < -0.39 is 57.8 Å². The van der Waals surface area contributed by atoms with Crippen molar-refractivity contribution in [3.8, 4) is 0 Å². The lowest BCUT2D eigenvalue weighted by Crippen LogP contribution is -2.30. The maximum absolute atomic E-state index is 12.9. The van der Waals surface area contributed by atoms with Crippen LogP contribution in [0.15, 0.2) is 12.2 Å². The molecule has 0 rings (SSSR count). The highest BCUT2D eigenvalue weighted by Gasteiger charge is 2.28. The van der Waals surface area contributed by atoms with Crippen molar-refractivity contribution in [2.45, 2.75) is 290 Å². The number of hydrogen-bond donors (Lipinski definition) is 2. The molecule has 0 radical (unpaired) electrons. The molecule has 0 aromatic rings. The topological polar surface area (TPSA) is 155 Å². The fourth-order valence-electron chi connectivity index (χ4n) is 7.94. The van der Waals surface area contributed by atoms with Gasteiger partial charge in [-0.1, -0.05) is 226 Å². The van der Waals surface area contributed by atoms with Gasteiger partial charge in [-0.25, -0.2) is 4.57 Å². The van der Waals surface area contributed by atoms with Gasteiger partial charge >= 0.3 is 25.7 Å². The smallest absolute Gasteiger partial charge is 0.462 e. The lowest BCUT2D eigenvalue weighted by molar-refractivity contribution is -0.161. The summed E-state index contributed by atoms with van der Waals surface area (Å²) in [6.07, 6.45) is 46.1. The summed E-state index contributed by atoms with van der Waals surface area (Å²) in [5.74, 6) is -1.45. The predicted molar refractivity (Wildman–Crippen MR) is 270 cm³/mol. The first-order chi connectivity index (χ1) is 32.2. The third-order valence-corrected chi connectivity index (χ3v) is 13.1. The zero-order valence-electron chi connectivity index (χ0n) is 42.9. The van der Waals surface area contributed by atoms with Gasteiger partial charge < -0.3 is 24.2 Å². The average molecular weight is 959 g/mol. The number of carbonyl (C=O) groups excluding carboxylic acids is 3. The fraction of sp³-hybridized carbons (Fsp3) is 0.907. The van der Waals surface area contributed by atoms with Crippen LogP contribution in [0.3, 0.4) is 0 Å². The van der Waals surface area contributed by atoms with Gasteiger partial charge in [0.25, 0.3) is 0 Å². The van der Waals surface area contributed by atoms with Gasteiger partial charge in [-0.05, 0) is 44.9 Å². The van der Waals surface area contributed by atoms with Crippen LogP contribution in [-0.4, -0.2) is 66.5 Å². The van der Waals surface area contributed by atoms with Crippen molar-refractivity contribution in [2.75, 3.05) is 26.4 Å². The van der Waals surface area contributed by atoms with Crippen LogP contribution in [0.4, 0.5) is 0 Å². The summed E-state index contributed by atoms with van der Waals surface area (Å²) in [7, 11) is -4.73. The Bertz CT molecular complexity index is 1160. The SMILES string of the molecule is CCCCCCCC/C=C\CCCCCCCC(=O)OC(COC(=O)CCCCCCCCCCCCCCCCC)COP(=O)(O)OCC(CO)OC(=O)CCCCCCCCCCC. The molecule has 390 valence electrons. The molecule has 11 nitrogen and oxygen atoms in total. The molecule has 0 fully saturated rings. The molecule has 0 bridgehead atoms. The Balaban J connectivity index is 4.70. The first-order valence-electron chi connectivity index (χ1n) is 27.6. The Morgan fingerprint density at radius 2 is 0.697 bits per heavy atom. The normalized spacial score (nSPS) is 13.5. The molecule has 3 unspecified atom stereocenters. The molecule has 0 heterocycles. The molecule has 0 aliphatic carbocycles. The molecule has 0 aliphatic heterocycles. The van der Waals surface area contributed by atoms with E-state index in [4.69, 9.17) is 23.3 Å². The summed E-state index contributed by atoms with van der Waals surface area (Å²) in [4.78, 5) is 48.3. The highest BCUT2D eigenvalue weighted by Crippen LogP contribution is 2.43. The van der Waals surface area contributed by atoms with E-state index in [1.807, 2.05) is 0 Å². The highest BCUT2D eigenvalue weighted by molar-refractivity contribution is 7.47. The van der Waals surface area contributed by atoms with Crippen LogP contribution in [0.5, 0.6) is 0 Å². The molecule has 0 aromatic heterocycles. The molecule has 0 aliphatic rings. The van der Waals surface area contributed by atoms with Gasteiger partial charge in [-0.15, -0.1) is 0 Å². The van der Waals surface area contributed by atoms with E-state index in [0.29, 0.717) is 19.3 Å². The summed E-state index contributed by atoms with van der Waals surface area (Å²) in [6.45, 7) is 4.64. The maximum atomic E-state index is 12.9. The number of hydrogen-bond acceptors (Lipinski definition) is 10. The van der Waals surface area contributed by atoms with Crippen molar-refractivity contribution in [3.63, 3.8) is 0 Å². The van der Waals surface area contributed by atoms with E-state index in [1.54, 1.807) is 0 Å². The van der Waals surface area contributed by atoms with E-state index in [-0.39, 0.29) is 25.9 Å². The van der Waals surface area contributed by atoms with Gasteiger partial charge in [0, 0.05) is 19.3 Å². The first kappa shape index (κ1) is 64.2. The van der Waals surface area contributed by atoms with Crippen LogP contribution in [0, 0.1) is 0 Å². The predicted octanol–water partition coefficient (Wildman–Crippen LogP) is 15.7. The molecule has 12 heteroatoms. The van der Waals surface area contributed by atoms with Crippen LogP contribution in [0.2, 0.25) is 0 Å². The Morgan fingerprint density at radius 1 is 0.409 bits per heavy atom. The number of rotatable bonds is 52. The molecule has 0 aromatic carbocycles. The summed E-state index contributed by atoms with van der Waals surface area (Å²) < 4.78 is 39.4. The lowest BCUT2D eigenvalue weighted by Gasteiger charge is -2.21. The lowest BCUT2D eigenvalue weighted by atomic mass is 10.0. The first-order valence-corrected chi connectivity index (χ1v) is 29.1. The van der Waals surface area contributed by atoms with Gasteiger partial charge in [0.2, 0.25) is 0 Å². The summed E-state index contributed by atoms with van der Waals surface area (Å²) in [5, 5.41) is 9.75. The Morgan fingerprint density at radius 3 is 1.05 bits per heavy atom. The second-order valence-electron chi connectivity index (χ2n) is 18.8. The molecule has 3 atom stereocenters. The molecule has 0 saturated heterocycles. The quantitative estimate of drug-likeness (QED) is 0.0197.